The summed E-state index contributed by atoms with van der Waals surface area (Å²) in [7, 11) is 0. The van der Waals surface area contributed by atoms with E-state index in [0.717, 1.165) is 16.5 Å². The second-order valence-corrected chi connectivity index (χ2v) is 6.44. The van der Waals surface area contributed by atoms with Crippen LogP contribution >= 0.6 is 34.8 Å². The average molecular weight is 384 g/mol. The molecule has 0 fully saturated rings. The van der Waals surface area contributed by atoms with Gasteiger partial charge in [-0.3, -0.25) is 4.79 Å². The van der Waals surface area contributed by atoms with Crippen LogP contribution in [0.3, 0.4) is 0 Å². The van der Waals surface area contributed by atoms with Crippen molar-refractivity contribution in [3.63, 3.8) is 0 Å². The van der Waals surface area contributed by atoms with E-state index in [1.165, 1.54) is 6.07 Å². The molecule has 0 atom stereocenters. The minimum atomic E-state index is -0.526. The third-order valence-electron chi connectivity index (χ3n) is 3.73. The lowest BCUT2D eigenvalue weighted by Gasteiger charge is -2.10. The first-order valence-electron chi connectivity index (χ1n) is 7.18. The summed E-state index contributed by atoms with van der Waals surface area (Å²) in [6.07, 6.45) is 2.54. The predicted octanol–water partition coefficient (Wildman–Crippen LogP) is 4.81. The van der Waals surface area contributed by atoms with Crippen LogP contribution in [-0.4, -0.2) is 22.5 Å². The van der Waals surface area contributed by atoms with E-state index in [9.17, 15) is 9.90 Å². The van der Waals surface area contributed by atoms with Gasteiger partial charge in [0.15, 0.2) is 0 Å². The van der Waals surface area contributed by atoms with E-state index in [0.29, 0.717) is 13.0 Å². The topological polar surface area (TPSA) is 65.1 Å². The number of H-pyrrole nitrogens is 1. The lowest BCUT2D eigenvalue weighted by molar-refractivity contribution is 0.0951. The number of carbonyl (C=O) groups excluding carboxylic acids is 1. The molecule has 0 saturated heterocycles. The number of aromatic nitrogens is 1. The molecule has 4 nitrogen and oxygen atoms in total. The van der Waals surface area contributed by atoms with Gasteiger partial charge in [-0.05, 0) is 24.1 Å². The molecule has 24 heavy (non-hydrogen) atoms. The number of phenolic OH excluding ortho intramolecular Hbond substituents is 1. The van der Waals surface area contributed by atoms with E-state index in [4.69, 9.17) is 34.8 Å². The van der Waals surface area contributed by atoms with Crippen molar-refractivity contribution in [1.82, 2.24) is 10.3 Å². The Labute approximate surface area is 153 Å². The number of amides is 1. The highest BCUT2D eigenvalue weighted by molar-refractivity contribution is 6.45. The lowest BCUT2D eigenvalue weighted by Crippen LogP contribution is -2.26. The summed E-state index contributed by atoms with van der Waals surface area (Å²) in [4.78, 5) is 15.5. The Kier molecular flexibility index (Phi) is 4.90. The van der Waals surface area contributed by atoms with Crippen LogP contribution < -0.4 is 5.32 Å². The van der Waals surface area contributed by atoms with E-state index in [1.54, 1.807) is 0 Å². The van der Waals surface area contributed by atoms with Gasteiger partial charge in [0.2, 0.25) is 0 Å². The van der Waals surface area contributed by atoms with Crippen molar-refractivity contribution in [3.05, 3.63) is 62.7 Å². The Hall–Kier alpha value is -1.88. The number of nitrogens with one attached hydrogen (secondary N) is 2. The van der Waals surface area contributed by atoms with Gasteiger partial charge < -0.3 is 15.4 Å². The van der Waals surface area contributed by atoms with Crippen molar-refractivity contribution in [1.29, 1.82) is 0 Å². The van der Waals surface area contributed by atoms with Gasteiger partial charge >= 0.3 is 0 Å². The highest BCUT2D eigenvalue weighted by Gasteiger charge is 2.21. The van der Waals surface area contributed by atoms with Gasteiger partial charge in [-0.25, -0.2) is 0 Å². The minimum Gasteiger partial charge on any atom is -0.505 e. The number of para-hydroxylation sites is 1. The van der Waals surface area contributed by atoms with Gasteiger partial charge in [-0.1, -0.05) is 53.0 Å². The standard InChI is InChI=1S/C17H13Cl3N2O2/c18-11-7-12(19)16(23)14(15(11)20)17(24)21-6-5-9-8-22-13-4-2-1-3-10(9)13/h1-4,7-8,22-23H,5-6H2,(H,21,24). The van der Waals surface area contributed by atoms with Crippen molar-refractivity contribution in [2.45, 2.75) is 6.42 Å². The molecule has 3 N–H and O–H groups in total. The smallest absolute Gasteiger partial charge is 0.256 e. The van der Waals surface area contributed by atoms with E-state index in [-0.39, 0.29) is 26.4 Å². The second-order valence-electron chi connectivity index (χ2n) is 5.24. The van der Waals surface area contributed by atoms with Crippen LogP contribution in [0.4, 0.5) is 0 Å². The van der Waals surface area contributed by atoms with Crippen LogP contribution in [0.1, 0.15) is 15.9 Å². The van der Waals surface area contributed by atoms with Crippen LogP contribution in [0.5, 0.6) is 5.75 Å². The van der Waals surface area contributed by atoms with Crippen LogP contribution in [-0.2, 0) is 6.42 Å². The molecule has 0 aliphatic rings. The number of aromatic hydroxyl groups is 1. The maximum atomic E-state index is 12.3. The molecule has 1 aromatic heterocycles. The number of hydrogen-bond acceptors (Lipinski definition) is 2. The first-order chi connectivity index (χ1) is 11.5. The van der Waals surface area contributed by atoms with Crippen LogP contribution in [0.2, 0.25) is 15.1 Å². The molecule has 1 heterocycles. The Morgan fingerprint density at radius 2 is 1.92 bits per heavy atom. The SMILES string of the molecule is O=C(NCCc1c[nH]c2ccccc12)c1c(O)c(Cl)cc(Cl)c1Cl. The molecular formula is C17H13Cl3N2O2. The van der Waals surface area contributed by atoms with Crippen molar-refractivity contribution in [2.75, 3.05) is 6.54 Å². The molecule has 0 aliphatic heterocycles. The largest absolute Gasteiger partial charge is 0.505 e. The Morgan fingerprint density at radius 1 is 1.17 bits per heavy atom. The van der Waals surface area contributed by atoms with Crippen LogP contribution in [0.25, 0.3) is 10.9 Å². The lowest BCUT2D eigenvalue weighted by atomic mass is 10.1. The molecular weight excluding hydrogens is 371 g/mol. The number of phenols is 1. The summed E-state index contributed by atoms with van der Waals surface area (Å²) in [5, 5.41) is 13.9. The molecule has 1 amide bonds. The maximum Gasteiger partial charge on any atom is 0.256 e. The molecule has 0 spiro atoms. The normalized spacial score (nSPS) is 11.0. The fourth-order valence-corrected chi connectivity index (χ4v) is 3.22. The summed E-state index contributed by atoms with van der Waals surface area (Å²) < 4.78 is 0. The van der Waals surface area contributed by atoms with Crippen LogP contribution in [0, 0.1) is 0 Å². The molecule has 0 bridgehead atoms. The number of halogens is 3. The van der Waals surface area contributed by atoms with Crippen molar-refractivity contribution >= 4 is 51.6 Å². The third-order valence-corrected chi connectivity index (χ3v) is 4.80. The van der Waals surface area contributed by atoms with Gasteiger partial charge in [-0.2, -0.15) is 0 Å². The fraction of sp³-hybridized carbons (Fsp3) is 0.118. The Balaban J connectivity index is 1.73. The highest BCUT2D eigenvalue weighted by Crippen LogP contribution is 2.38. The highest BCUT2D eigenvalue weighted by atomic mass is 35.5. The van der Waals surface area contributed by atoms with Crippen LogP contribution in [0.15, 0.2) is 36.5 Å². The molecule has 7 heteroatoms. The second kappa shape index (κ2) is 6.93. The zero-order valence-corrected chi connectivity index (χ0v) is 14.6. The van der Waals surface area contributed by atoms with Gasteiger partial charge in [-0.15, -0.1) is 0 Å². The molecule has 0 saturated carbocycles. The van der Waals surface area contributed by atoms with E-state index in [2.05, 4.69) is 10.3 Å². The van der Waals surface area contributed by atoms with Gasteiger partial charge in [0, 0.05) is 23.6 Å². The summed E-state index contributed by atoms with van der Waals surface area (Å²) in [6, 6.07) is 9.22. The number of rotatable bonds is 4. The molecule has 124 valence electrons. The number of benzene rings is 2. The molecule has 3 aromatic rings. The third kappa shape index (κ3) is 3.18. The number of fused-ring (bicyclic) bond motifs is 1. The number of carbonyl (C=O) groups is 1. The number of aromatic amines is 1. The summed E-state index contributed by atoms with van der Waals surface area (Å²) >= 11 is 17.7. The minimum absolute atomic E-state index is 0.0221. The fourth-order valence-electron chi connectivity index (χ4n) is 2.53. The van der Waals surface area contributed by atoms with E-state index in [1.807, 2.05) is 30.5 Å². The zero-order chi connectivity index (χ0) is 17.3. The molecule has 2 aromatic carbocycles. The predicted molar refractivity (Wildman–Crippen MR) is 97.5 cm³/mol. The summed E-state index contributed by atoms with van der Waals surface area (Å²) in [5.41, 5.74) is 2.01. The quantitative estimate of drug-likeness (QED) is 0.566. The van der Waals surface area contributed by atoms with Gasteiger partial charge in [0.1, 0.15) is 11.3 Å². The van der Waals surface area contributed by atoms with E-state index >= 15 is 0 Å². The molecule has 3 rings (SSSR count). The van der Waals surface area contributed by atoms with Gasteiger partial charge in [0.25, 0.3) is 5.91 Å². The average Bonchev–Trinajstić information content (AvgIpc) is 2.97. The van der Waals surface area contributed by atoms with Gasteiger partial charge in [0.05, 0.1) is 15.1 Å². The molecule has 0 radical (unpaired) electrons. The monoisotopic (exact) mass is 382 g/mol. The Morgan fingerprint density at radius 3 is 2.71 bits per heavy atom. The molecule has 0 unspecified atom stereocenters. The van der Waals surface area contributed by atoms with E-state index < -0.39 is 5.91 Å². The first-order valence-corrected chi connectivity index (χ1v) is 8.32. The number of hydrogen-bond donors (Lipinski definition) is 3. The zero-order valence-electron chi connectivity index (χ0n) is 12.4. The maximum absolute atomic E-state index is 12.3. The summed E-state index contributed by atoms with van der Waals surface area (Å²) in [6.45, 7) is 0.376. The van der Waals surface area contributed by atoms with Crippen molar-refractivity contribution < 1.29 is 9.90 Å². The molecule has 0 aliphatic carbocycles. The summed E-state index contributed by atoms with van der Waals surface area (Å²) in [5.74, 6) is -0.905. The van der Waals surface area contributed by atoms with Crippen molar-refractivity contribution in [2.24, 2.45) is 0 Å². The first kappa shape index (κ1) is 17.0. The van der Waals surface area contributed by atoms with Crippen molar-refractivity contribution in [3.8, 4) is 5.75 Å². The Bertz CT molecular complexity index is 895.